The Labute approximate surface area is 170 Å². The largest absolute Gasteiger partial charge is 0.478 e. The Hall–Kier alpha value is -3.13. The van der Waals surface area contributed by atoms with Gasteiger partial charge >= 0.3 is 12.1 Å². The number of aromatic carboxylic acids is 1. The van der Waals surface area contributed by atoms with Crippen molar-refractivity contribution in [2.75, 3.05) is 6.61 Å². The fourth-order valence-electron chi connectivity index (χ4n) is 3.28. The van der Waals surface area contributed by atoms with Crippen molar-refractivity contribution in [3.8, 4) is 5.69 Å². The maximum absolute atomic E-state index is 13.5. The average molecular weight is 421 g/mol. The van der Waals surface area contributed by atoms with Crippen molar-refractivity contribution in [2.24, 2.45) is 0 Å². The first-order chi connectivity index (χ1) is 14.2. The number of alkyl halides is 3. The van der Waals surface area contributed by atoms with Crippen LogP contribution in [0.15, 0.2) is 54.6 Å². The normalized spacial score (nSPS) is 11.6. The van der Waals surface area contributed by atoms with Crippen molar-refractivity contribution in [2.45, 2.75) is 26.1 Å². The van der Waals surface area contributed by atoms with Gasteiger partial charge in [0, 0.05) is 17.8 Å². The van der Waals surface area contributed by atoms with E-state index in [0.717, 1.165) is 17.7 Å². The predicted octanol–water partition coefficient (Wildman–Crippen LogP) is 5.40. The van der Waals surface area contributed by atoms with E-state index in [1.165, 1.54) is 17.6 Å². The van der Waals surface area contributed by atoms with E-state index in [2.05, 4.69) is 0 Å². The summed E-state index contributed by atoms with van der Waals surface area (Å²) in [4.78, 5) is 11.5. The standard InChI is InChI=1S/C22H19F4NO3/c1-14-18(21(28)29)12-17(9-10-30-13-15-5-3-2-4-6-15)27(14)20-8-7-16(23)11-19(20)22(24,25)26/h2-8,11-12H,9-10,13H2,1H3,(H,28,29). The number of carboxylic acid groups (broad SMARTS) is 1. The van der Waals surface area contributed by atoms with Crippen LogP contribution in [0.2, 0.25) is 0 Å². The van der Waals surface area contributed by atoms with E-state index in [9.17, 15) is 27.5 Å². The van der Waals surface area contributed by atoms with E-state index in [4.69, 9.17) is 4.74 Å². The molecule has 4 nitrogen and oxygen atoms in total. The molecule has 0 aliphatic carbocycles. The van der Waals surface area contributed by atoms with Crippen molar-refractivity contribution >= 4 is 5.97 Å². The molecule has 2 aromatic carbocycles. The number of carboxylic acids is 1. The van der Waals surface area contributed by atoms with Crippen molar-refractivity contribution in [1.82, 2.24) is 4.57 Å². The van der Waals surface area contributed by atoms with Crippen molar-refractivity contribution in [1.29, 1.82) is 0 Å². The highest BCUT2D eigenvalue weighted by atomic mass is 19.4. The Bertz CT molecular complexity index is 1040. The molecular weight excluding hydrogens is 402 g/mol. The summed E-state index contributed by atoms with van der Waals surface area (Å²) >= 11 is 0. The molecule has 0 amide bonds. The third-order valence-corrected chi connectivity index (χ3v) is 4.67. The molecule has 8 heteroatoms. The van der Waals surface area contributed by atoms with E-state index in [1.54, 1.807) is 0 Å². The van der Waals surface area contributed by atoms with Crippen LogP contribution in [0.3, 0.4) is 0 Å². The Kier molecular flexibility index (Phi) is 6.26. The van der Waals surface area contributed by atoms with Gasteiger partial charge in [-0.15, -0.1) is 0 Å². The molecule has 3 rings (SSSR count). The number of halogens is 4. The summed E-state index contributed by atoms with van der Waals surface area (Å²) in [7, 11) is 0. The first kappa shape index (κ1) is 21.6. The number of ether oxygens (including phenoxy) is 1. The predicted molar refractivity (Wildman–Crippen MR) is 102 cm³/mol. The topological polar surface area (TPSA) is 51.5 Å². The number of hydrogen-bond acceptors (Lipinski definition) is 2. The Morgan fingerprint density at radius 2 is 1.80 bits per heavy atom. The molecule has 0 bridgehead atoms. The minimum atomic E-state index is -4.81. The maximum atomic E-state index is 13.5. The average Bonchev–Trinajstić information content (AvgIpc) is 3.02. The molecule has 1 heterocycles. The van der Waals surface area contributed by atoms with Gasteiger partial charge in [-0.2, -0.15) is 13.2 Å². The molecule has 30 heavy (non-hydrogen) atoms. The van der Waals surface area contributed by atoms with Gasteiger partial charge in [0.2, 0.25) is 0 Å². The maximum Gasteiger partial charge on any atom is 0.418 e. The molecule has 1 aromatic heterocycles. The number of hydrogen-bond donors (Lipinski definition) is 1. The van der Waals surface area contributed by atoms with Crippen LogP contribution in [0.5, 0.6) is 0 Å². The summed E-state index contributed by atoms with van der Waals surface area (Å²) in [6.07, 6.45) is -4.63. The minimum absolute atomic E-state index is 0.120. The van der Waals surface area contributed by atoms with Crippen LogP contribution < -0.4 is 0 Å². The van der Waals surface area contributed by atoms with Gasteiger partial charge in [0.15, 0.2) is 0 Å². The second-order valence-corrected chi connectivity index (χ2v) is 6.72. The summed E-state index contributed by atoms with van der Waals surface area (Å²) in [6, 6.07) is 13.0. The van der Waals surface area contributed by atoms with Crippen LogP contribution in [-0.4, -0.2) is 22.2 Å². The van der Waals surface area contributed by atoms with Gasteiger partial charge in [0.1, 0.15) is 5.82 Å². The summed E-state index contributed by atoms with van der Waals surface area (Å²) in [5.41, 5.74) is -0.233. The molecule has 0 fully saturated rings. The van der Waals surface area contributed by atoms with Gasteiger partial charge in [0.05, 0.1) is 30.0 Å². The van der Waals surface area contributed by atoms with Crippen LogP contribution in [0.25, 0.3) is 5.69 Å². The molecule has 0 spiro atoms. The fraction of sp³-hybridized carbons (Fsp3) is 0.227. The zero-order valence-electron chi connectivity index (χ0n) is 16.0. The number of nitrogens with zero attached hydrogens (tertiary/aromatic N) is 1. The zero-order chi connectivity index (χ0) is 21.9. The molecule has 0 atom stereocenters. The van der Waals surface area contributed by atoms with E-state index in [1.807, 2.05) is 30.3 Å². The summed E-state index contributed by atoms with van der Waals surface area (Å²) in [6.45, 7) is 1.90. The number of carbonyl (C=O) groups is 1. The molecule has 0 unspecified atom stereocenters. The molecule has 0 saturated heterocycles. The van der Waals surface area contributed by atoms with Crippen LogP contribution >= 0.6 is 0 Å². The lowest BCUT2D eigenvalue weighted by Crippen LogP contribution is -2.14. The Morgan fingerprint density at radius 3 is 2.43 bits per heavy atom. The third kappa shape index (κ3) is 4.71. The number of benzene rings is 2. The highest BCUT2D eigenvalue weighted by molar-refractivity contribution is 5.89. The van der Waals surface area contributed by atoms with Crippen molar-refractivity contribution < 1.29 is 32.2 Å². The molecule has 1 N–H and O–H groups in total. The van der Waals surface area contributed by atoms with Crippen LogP contribution in [0.1, 0.15) is 32.9 Å². The highest BCUT2D eigenvalue weighted by Crippen LogP contribution is 2.36. The van der Waals surface area contributed by atoms with Gasteiger partial charge < -0.3 is 14.4 Å². The minimum Gasteiger partial charge on any atom is -0.478 e. The quantitative estimate of drug-likeness (QED) is 0.411. The van der Waals surface area contributed by atoms with Crippen LogP contribution in [0.4, 0.5) is 17.6 Å². The Balaban J connectivity index is 1.94. The lowest BCUT2D eigenvalue weighted by molar-refractivity contribution is -0.137. The van der Waals surface area contributed by atoms with Gasteiger partial charge in [-0.3, -0.25) is 0 Å². The second-order valence-electron chi connectivity index (χ2n) is 6.72. The molecular formula is C22H19F4NO3. The SMILES string of the molecule is Cc1c(C(=O)O)cc(CCOCc2ccccc2)n1-c1ccc(F)cc1C(F)(F)F. The van der Waals surface area contributed by atoms with E-state index < -0.39 is 23.5 Å². The van der Waals surface area contributed by atoms with Gasteiger partial charge in [-0.25, -0.2) is 9.18 Å². The van der Waals surface area contributed by atoms with E-state index in [0.29, 0.717) is 18.4 Å². The molecule has 0 saturated carbocycles. The Morgan fingerprint density at radius 1 is 1.10 bits per heavy atom. The van der Waals surface area contributed by atoms with Crippen LogP contribution in [0, 0.1) is 12.7 Å². The second kappa shape index (κ2) is 8.71. The highest BCUT2D eigenvalue weighted by Gasteiger charge is 2.35. The van der Waals surface area contributed by atoms with E-state index in [-0.39, 0.29) is 30.0 Å². The first-order valence-corrected chi connectivity index (χ1v) is 9.12. The van der Waals surface area contributed by atoms with Crippen molar-refractivity contribution in [3.05, 3.63) is 88.5 Å². The first-order valence-electron chi connectivity index (χ1n) is 9.12. The molecule has 0 aliphatic heterocycles. The third-order valence-electron chi connectivity index (χ3n) is 4.67. The fourth-order valence-corrected chi connectivity index (χ4v) is 3.28. The summed E-state index contributed by atoms with van der Waals surface area (Å²) in [5, 5.41) is 9.42. The lowest BCUT2D eigenvalue weighted by atomic mass is 10.1. The zero-order valence-corrected chi connectivity index (χ0v) is 16.0. The molecule has 158 valence electrons. The summed E-state index contributed by atoms with van der Waals surface area (Å²) in [5.74, 6) is -2.28. The number of aromatic nitrogens is 1. The smallest absolute Gasteiger partial charge is 0.418 e. The van der Waals surface area contributed by atoms with Crippen LogP contribution in [-0.2, 0) is 23.9 Å². The monoisotopic (exact) mass is 421 g/mol. The molecule has 3 aromatic rings. The summed E-state index contributed by atoms with van der Waals surface area (Å²) < 4.78 is 60.9. The van der Waals surface area contributed by atoms with E-state index >= 15 is 0 Å². The molecule has 0 aliphatic rings. The van der Waals surface area contributed by atoms with Gasteiger partial charge in [0.25, 0.3) is 0 Å². The number of rotatable bonds is 7. The van der Waals surface area contributed by atoms with Gasteiger partial charge in [-0.1, -0.05) is 30.3 Å². The lowest BCUT2D eigenvalue weighted by Gasteiger charge is -2.18. The van der Waals surface area contributed by atoms with Gasteiger partial charge in [-0.05, 0) is 36.8 Å². The molecule has 0 radical (unpaired) electrons. The van der Waals surface area contributed by atoms with Crippen molar-refractivity contribution in [3.63, 3.8) is 0 Å².